The number of hydrogen-bond donors (Lipinski definition) is 2. The average Bonchev–Trinajstić information content (AvgIpc) is 2.86. The third kappa shape index (κ3) is 3.10. The van der Waals surface area contributed by atoms with Crippen LogP contribution < -0.4 is 5.73 Å². The van der Waals surface area contributed by atoms with E-state index in [0.717, 1.165) is 25.9 Å². The highest BCUT2D eigenvalue weighted by atomic mass is 16.3. The first-order chi connectivity index (χ1) is 8.72. The summed E-state index contributed by atoms with van der Waals surface area (Å²) < 4.78 is 0. The summed E-state index contributed by atoms with van der Waals surface area (Å²) in [5.74, 6) is 0.411. The molecule has 3 N–H and O–H groups in total. The molecule has 0 aliphatic carbocycles. The second kappa shape index (κ2) is 6.32. The van der Waals surface area contributed by atoms with Crippen LogP contribution >= 0.6 is 0 Å². The van der Waals surface area contributed by atoms with Crippen LogP contribution in [0.25, 0.3) is 0 Å². The van der Waals surface area contributed by atoms with E-state index < -0.39 is 0 Å². The minimum atomic E-state index is -0.204. The Morgan fingerprint density at radius 2 is 2.11 bits per heavy atom. The van der Waals surface area contributed by atoms with Crippen LogP contribution in [0.5, 0.6) is 0 Å². The van der Waals surface area contributed by atoms with Crippen molar-refractivity contribution < 1.29 is 5.11 Å². The summed E-state index contributed by atoms with van der Waals surface area (Å²) in [6, 6.07) is 11.0. The SMILES string of the molecule is CC(O)C1CCN(C(CCN)c2ccccc2)C1. The fourth-order valence-corrected chi connectivity index (χ4v) is 2.89. The zero-order chi connectivity index (χ0) is 13.0. The largest absolute Gasteiger partial charge is 0.393 e. The van der Waals surface area contributed by atoms with Crippen molar-refractivity contribution in [3.8, 4) is 0 Å². The average molecular weight is 248 g/mol. The van der Waals surface area contributed by atoms with Gasteiger partial charge in [-0.2, -0.15) is 0 Å². The normalized spacial score (nSPS) is 24.1. The van der Waals surface area contributed by atoms with Gasteiger partial charge < -0.3 is 10.8 Å². The molecule has 3 heteroatoms. The van der Waals surface area contributed by atoms with Gasteiger partial charge in [0.05, 0.1) is 6.10 Å². The summed E-state index contributed by atoms with van der Waals surface area (Å²) >= 11 is 0. The molecule has 2 rings (SSSR count). The molecule has 1 fully saturated rings. The van der Waals surface area contributed by atoms with Crippen molar-refractivity contribution in [1.29, 1.82) is 0 Å². The van der Waals surface area contributed by atoms with Crippen molar-refractivity contribution >= 4 is 0 Å². The van der Waals surface area contributed by atoms with Crippen molar-refractivity contribution in [2.24, 2.45) is 11.7 Å². The molecule has 1 aliphatic heterocycles. The summed E-state index contributed by atoms with van der Waals surface area (Å²) in [5.41, 5.74) is 7.09. The molecule has 1 saturated heterocycles. The van der Waals surface area contributed by atoms with Crippen LogP contribution in [-0.2, 0) is 0 Å². The van der Waals surface area contributed by atoms with Crippen LogP contribution in [0.1, 0.15) is 31.4 Å². The summed E-state index contributed by atoms with van der Waals surface area (Å²) in [4.78, 5) is 2.47. The third-order valence-corrected chi connectivity index (χ3v) is 4.00. The number of benzene rings is 1. The lowest BCUT2D eigenvalue weighted by Gasteiger charge is -2.28. The molecule has 3 atom stereocenters. The lowest BCUT2D eigenvalue weighted by molar-refractivity contribution is 0.121. The number of hydrogen-bond acceptors (Lipinski definition) is 3. The molecule has 3 unspecified atom stereocenters. The van der Waals surface area contributed by atoms with Crippen molar-refractivity contribution in [2.45, 2.75) is 31.9 Å². The minimum absolute atomic E-state index is 0.204. The second-order valence-corrected chi connectivity index (χ2v) is 5.29. The lowest BCUT2D eigenvalue weighted by Crippen LogP contribution is -2.30. The number of aliphatic hydroxyl groups is 1. The van der Waals surface area contributed by atoms with Gasteiger partial charge in [-0.25, -0.2) is 0 Å². The molecule has 0 radical (unpaired) electrons. The first-order valence-electron chi connectivity index (χ1n) is 6.89. The Morgan fingerprint density at radius 3 is 2.67 bits per heavy atom. The van der Waals surface area contributed by atoms with Crippen molar-refractivity contribution in [3.05, 3.63) is 35.9 Å². The van der Waals surface area contributed by atoms with Crippen LogP contribution in [0, 0.1) is 5.92 Å². The number of aliphatic hydroxyl groups excluding tert-OH is 1. The van der Waals surface area contributed by atoms with E-state index in [1.165, 1.54) is 5.56 Å². The van der Waals surface area contributed by atoms with E-state index in [-0.39, 0.29) is 6.10 Å². The van der Waals surface area contributed by atoms with Crippen molar-refractivity contribution in [2.75, 3.05) is 19.6 Å². The van der Waals surface area contributed by atoms with Crippen molar-refractivity contribution in [1.82, 2.24) is 4.90 Å². The summed E-state index contributed by atoms with van der Waals surface area (Å²) in [6.45, 7) is 4.65. The van der Waals surface area contributed by atoms with Gasteiger partial charge in [0.2, 0.25) is 0 Å². The van der Waals surface area contributed by atoms with Gasteiger partial charge in [0.1, 0.15) is 0 Å². The van der Waals surface area contributed by atoms with Gasteiger partial charge in [0.25, 0.3) is 0 Å². The van der Waals surface area contributed by atoms with Crippen LogP contribution in [0.15, 0.2) is 30.3 Å². The molecule has 100 valence electrons. The molecule has 1 heterocycles. The van der Waals surface area contributed by atoms with Crippen LogP contribution in [0.2, 0.25) is 0 Å². The fourth-order valence-electron chi connectivity index (χ4n) is 2.89. The molecule has 1 aromatic rings. The Morgan fingerprint density at radius 1 is 1.39 bits per heavy atom. The first kappa shape index (κ1) is 13.5. The zero-order valence-corrected chi connectivity index (χ0v) is 11.1. The molecule has 0 saturated carbocycles. The summed E-state index contributed by atoms with van der Waals surface area (Å²) in [6.07, 6.45) is 1.87. The van der Waals surface area contributed by atoms with Crippen LogP contribution in [-0.4, -0.2) is 35.7 Å². The zero-order valence-electron chi connectivity index (χ0n) is 11.1. The maximum absolute atomic E-state index is 9.70. The van der Waals surface area contributed by atoms with E-state index in [9.17, 15) is 5.11 Å². The molecule has 3 nitrogen and oxygen atoms in total. The number of likely N-dealkylation sites (tertiary alicyclic amines) is 1. The molecule has 1 aromatic carbocycles. The highest BCUT2D eigenvalue weighted by molar-refractivity contribution is 5.19. The Labute approximate surface area is 110 Å². The van der Waals surface area contributed by atoms with E-state index in [0.29, 0.717) is 18.5 Å². The molecule has 18 heavy (non-hydrogen) atoms. The number of nitrogens with two attached hydrogens (primary N) is 1. The van der Waals surface area contributed by atoms with Gasteiger partial charge in [0.15, 0.2) is 0 Å². The second-order valence-electron chi connectivity index (χ2n) is 5.29. The quantitative estimate of drug-likeness (QED) is 0.835. The molecular formula is C15H24N2O. The molecule has 0 bridgehead atoms. The Kier molecular flexibility index (Phi) is 4.75. The predicted molar refractivity (Wildman–Crippen MR) is 74.2 cm³/mol. The highest BCUT2D eigenvalue weighted by Crippen LogP contribution is 2.30. The standard InChI is InChI=1S/C15H24N2O/c1-12(18)14-8-10-17(11-14)15(7-9-16)13-5-3-2-4-6-13/h2-6,12,14-15,18H,7-11,16H2,1H3. The molecule has 0 aromatic heterocycles. The van der Waals surface area contributed by atoms with E-state index in [2.05, 4.69) is 29.2 Å². The Balaban J connectivity index is 2.07. The Bertz CT molecular complexity index is 353. The van der Waals surface area contributed by atoms with Gasteiger partial charge in [-0.15, -0.1) is 0 Å². The van der Waals surface area contributed by atoms with E-state index in [1.54, 1.807) is 0 Å². The molecule has 0 spiro atoms. The highest BCUT2D eigenvalue weighted by Gasteiger charge is 2.30. The van der Waals surface area contributed by atoms with Crippen LogP contribution in [0.3, 0.4) is 0 Å². The maximum atomic E-state index is 9.70. The van der Waals surface area contributed by atoms with Gasteiger partial charge >= 0.3 is 0 Å². The number of rotatable bonds is 5. The molecule has 0 amide bonds. The van der Waals surface area contributed by atoms with Crippen LogP contribution in [0.4, 0.5) is 0 Å². The van der Waals surface area contributed by atoms with Crippen molar-refractivity contribution in [3.63, 3.8) is 0 Å². The predicted octanol–water partition coefficient (Wildman–Crippen LogP) is 1.78. The van der Waals surface area contributed by atoms with Gasteiger partial charge in [0, 0.05) is 12.6 Å². The topological polar surface area (TPSA) is 49.5 Å². The summed E-state index contributed by atoms with van der Waals surface area (Å²) in [5, 5.41) is 9.70. The monoisotopic (exact) mass is 248 g/mol. The lowest BCUT2D eigenvalue weighted by atomic mass is 10.0. The Hall–Kier alpha value is -0.900. The third-order valence-electron chi connectivity index (χ3n) is 4.00. The van der Waals surface area contributed by atoms with Gasteiger partial charge in [-0.1, -0.05) is 30.3 Å². The first-order valence-corrected chi connectivity index (χ1v) is 6.89. The van der Waals surface area contributed by atoms with E-state index in [1.807, 2.05) is 13.0 Å². The molecule has 1 aliphatic rings. The smallest absolute Gasteiger partial charge is 0.0552 e. The van der Waals surface area contributed by atoms with E-state index >= 15 is 0 Å². The van der Waals surface area contributed by atoms with E-state index in [4.69, 9.17) is 5.73 Å². The maximum Gasteiger partial charge on any atom is 0.0552 e. The fraction of sp³-hybridized carbons (Fsp3) is 0.600. The van der Waals surface area contributed by atoms with Gasteiger partial charge in [-0.3, -0.25) is 4.90 Å². The van der Waals surface area contributed by atoms with Gasteiger partial charge in [-0.05, 0) is 44.3 Å². The molecular weight excluding hydrogens is 224 g/mol. The number of nitrogens with zero attached hydrogens (tertiary/aromatic N) is 1. The minimum Gasteiger partial charge on any atom is -0.393 e. The summed E-state index contributed by atoms with van der Waals surface area (Å²) in [7, 11) is 0.